The van der Waals surface area contributed by atoms with Gasteiger partial charge in [-0.25, -0.2) is 0 Å². The van der Waals surface area contributed by atoms with Crippen molar-refractivity contribution >= 4 is 57.3 Å². The Balaban J connectivity index is 1.73. The van der Waals surface area contributed by atoms with Crippen LogP contribution in [0.25, 0.3) is 5.57 Å². The minimum atomic E-state index is -0.818. The van der Waals surface area contributed by atoms with Gasteiger partial charge in [0.25, 0.3) is 11.8 Å². The number of thiocarbonyl (C=S) groups is 1. The van der Waals surface area contributed by atoms with Crippen LogP contribution in [0, 0.1) is 0 Å². The number of aliphatic carboxylic acids is 1. The summed E-state index contributed by atoms with van der Waals surface area (Å²) in [7, 11) is 0. The highest BCUT2D eigenvalue weighted by Gasteiger charge is 2.38. The molecule has 0 aromatic heterocycles. The quantitative estimate of drug-likeness (QED) is 0.451. The van der Waals surface area contributed by atoms with Crippen molar-refractivity contribution in [2.45, 2.75) is 25.7 Å². The minimum absolute atomic E-state index is 0.124. The lowest BCUT2D eigenvalue weighted by molar-refractivity contribution is -0.137. The number of nitrogens with one attached hydrogen (secondary N) is 1. The summed E-state index contributed by atoms with van der Waals surface area (Å²) in [6.07, 6.45) is 2.07. The van der Waals surface area contributed by atoms with Crippen molar-refractivity contribution in [3.8, 4) is 0 Å². The summed E-state index contributed by atoms with van der Waals surface area (Å²) < 4.78 is 0.433. The Labute approximate surface area is 154 Å². The summed E-state index contributed by atoms with van der Waals surface area (Å²) in [4.78, 5) is 37.4. The summed E-state index contributed by atoms with van der Waals surface area (Å²) in [5, 5.41) is 11.4. The first kappa shape index (κ1) is 17.6. The van der Waals surface area contributed by atoms with Gasteiger partial charge in [-0.2, -0.15) is 0 Å². The number of anilines is 1. The highest BCUT2D eigenvalue weighted by Crippen LogP contribution is 2.41. The van der Waals surface area contributed by atoms with Crippen LogP contribution in [0.2, 0.25) is 0 Å². The zero-order valence-corrected chi connectivity index (χ0v) is 14.9. The molecule has 0 radical (unpaired) electrons. The van der Waals surface area contributed by atoms with E-state index in [9.17, 15) is 14.4 Å². The number of hydrogen-bond acceptors (Lipinski definition) is 5. The van der Waals surface area contributed by atoms with Crippen LogP contribution in [0.1, 0.15) is 31.2 Å². The van der Waals surface area contributed by atoms with E-state index in [-0.39, 0.29) is 18.2 Å². The van der Waals surface area contributed by atoms with Gasteiger partial charge in [-0.05, 0) is 18.9 Å². The maximum atomic E-state index is 12.7. The number of fused-ring (bicyclic) bond motifs is 1. The molecule has 2 heterocycles. The highest BCUT2D eigenvalue weighted by molar-refractivity contribution is 8.26. The van der Waals surface area contributed by atoms with Crippen LogP contribution < -0.4 is 5.32 Å². The van der Waals surface area contributed by atoms with E-state index in [1.165, 1.54) is 4.90 Å². The van der Waals surface area contributed by atoms with Gasteiger partial charge in [0, 0.05) is 24.2 Å². The summed E-state index contributed by atoms with van der Waals surface area (Å²) in [6.45, 7) is 0.435. The molecular weight excluding hydrogens is 360 g/mol. The van der Waals surface area contributed by atoms with Gasteiger partial charge in [-0.1, -0.05) is 48.6 Å². The standard InChI is InChI=1S/C17H16N2O4S2/c20-12(21)8-2-1-5-9-19-16(23)14(25-17(19)24)13-10-6-3-4-7-11(10)18-15(13)22/h3-4,6-7H,1-2,5,8-9H2,(H,18,22)(H,20,21)/b14-13-. The van der Waals surface area contributed by atoms with Crippen LogP contribution in [-0.4, -0.2) is 38.7 Å². The lowest BCUT2D eigenvalue weighted by Gasteiger charge is -2.14. The number of carboxylic acids is 1. The lowest BCUT2D eigenvalue weighted by atomic mass is 10.1. The van der Waals surface area contributed by atoms with Gasteiger partial charge in [-0.3, -0.25) is 19.3 Å². The zero-order chi connectivity index (χ0) is 18.0. The van der Waals surface area contributed by atoms with Gasteiger partial charge in [0.1, 0.15) is 4.32 Å². The normalized spacial score (nSPS) is 19.4. The molecule has 2 aliphatic rings. The van der Waals surface area contributed by atoms with E-state index in [0.717, 1.165) is 17.3 Å². The zero-order valence-electron chi connectivity index (χ0n) is 13.3. The Kier molecular flexibility index (Phi) is 5.19. The number of thioether (sulfide) groups is 1. The molecule has 2 amide bonds. The average molecular weight is 376 g/mol. The van der Waals surface area contributed by atoms with Crippen LogP contribution in [0.15, 0.2) is 29.2 Å². The fourth-order valence-electron chi connectivity index (χ4n) is 2.81. The lowest BCUT2D eigenvalue weighted by Crippen LogP contribution is -2.29. The van der Waals surface area contributed by atoms with Gasteiger partial charge in [0.15, 0.2) is 0 Å². The van der Waals surface area contributed by atoms with Crippen molar-refractivity contribution in [2.24, 2.45) is 0 Å². The van der Waals surface area contributed by atoms with E-state index in [0.29, 0.717) is 46.3 Å². The van der Waals surface area contributed by atoms with Crippen molar-refractivity contribution in [3.63, 3.8) is 0 Å². The Morgan fingerprint density at radius 1 is 1.20 bits per heavy atom. The number of rotatable bonds is 6. The molecule has 1 saturated heterocycles. The molecule has 8 heteroatoms. The fourth-order valence-corrected chi connectivity index (χ4v) is 4.19. The Bertz CT molecular complexity index is 804. The molecule has 0 unspecified atom stereocenters. The highest BCUT2D eigenvalue weighted by atomic mass is 32.2. The monoisotopic (exact) mass is 376 g/mol. The maximum Gasteiger partial charge on any atom is 0.303 e. The first-order chi connectivity index (χ1) is 12.0. The van der Waals surface area contributed by atoms with E-state index < -0.39 is 5.97 Å². The first-order valence-corrected chi connectivity index (χ1v) is 9.12. The van der Waals surface area contributed by atoms with Gasteiger partial charge in [0.2, 0.25) is 0 Å². The minimum Gasteiger partial charge on any atom is -0.481 e. The van der Waals surface area contributed by atoms with Crippen LogP contribution >= 0.6 is 24.0 Å². The van der Waals surface area contributed by atoms with Crippen LogP contribution in [-0.2, 0) is 14.4 Å². The molecule has 2 N–H and O–H groups in total. The number of carbonyl (C=O) groups is 3. The molecule has 3 rings (SSSR count). The molecule has 130 valence electrons. The predicted molar refractivity (Wildman–Crippen MR) is 100.0 cm³/mol. The second-order valence-corrected chi connectivity index (χ2v) is 7.38. The predicted octanol–water partition coefficient (Wildman–Crippen LogP) is 2.86. The smallest absolute Gasteiger partial charge is 0.303 e. The van der Waals surface area contributed by atoms with E-state index in [4.69, 9.17) is 17.3 Å². The summed E-state index contributed by atoms with van der Waals surface area (Å²) in [6, 6.07) is 7.25. The molecular formula is C17H16N2O4S2. The number of benzene rings is 1. The van der Waals surface area contributed by atoms with Crippen molar-refractivity contribution in [1.29, 1.82) is 0 Å². The Hall–Kier alpha value is -2.19. The summed E-state index contributed by atoms with van der Waals surface area (Å²) >= 11 is 6.44. The molecule has 0 atom stereocenters. The summed E-state index contributed by atoms with van der Waals surface area (Å²) in [5.74, 6) is -1.36. The third kappa shape index (κ3) is 3.59. The fraction of sp³-hybridized carbons (Fsp3) is 0.294. The molecule has 1 fully saturated rings. The van der Waals surface area contributed by atoms with Crippen molar-refractivity contribution in [3.05, 3.63) is 34.7 Å². The average Bonchev–Trinajstić information content (AvgIpc) is 3.03. The number of hydrogen-bond donors (Lipinski definition) is 2. The van der Waals surface area contributed by atoms with Crippen molar-refractivity contribution < 1.29 is 19.5 Å². The largest absolute Gasteiger partial charge is 0.481 e. The summed E-state index contributed by atoms with van der Waals surface area (Å²) in [5.41, 5.74) is 1.79. The molecule has 0 saturated carbocycles. The molecule has 1 aromatic rings. The van der Waals surface area contributed by atoms with Gasteiger partial charge in [0.05, 0.1) is 10.5 Å². The number of carboxylic acid groups (broad SMARTS) is 1. The topological polar surface area (TPSA) is 86.7 Å². The Morgan fingerprint density at radius 3 is 2.72 bits per heavy atom. The van der Waals surface area contributed by atoms with Crippen molar-refractivity contribution in [1.82, 2.24) is 4.90 Å². The van der Waals surface area contributed by atoms with Crippen LogP contribution in [0.3, 0.4) is 0 Å². The van der Waals surface area contributed by atoms with Gasteiger partial charge >= 0.3 is 5.97 Å². The number of carbonyl (C=O) groups excluding carboxylic acids is 2. The van der Waals surface area contributed by atoms with E-state index >= 15 is 0 Å². The Morgan fingerprint density at radius 2 is 1.96 bits per heavy atom. The molecule has 1 aromatic carbocycles. The third-order valence-corrected chi connectivity index (χ3v) is 5.47. The number of amides is 2. The second kappa shape index (κ2) is 7.37. The number of unbranched alkanes of at least 4 members (excludes halogenated alkanes) is 2. The maximum absolute atomic E-state index is 12.7. The SMILES string of the molecule is O=C(O)CCCCCN1C(=O)/C(=C2/C(=O)Nc3ccccc32)SC1=S. The third-order valence-electron chi connectivity index (χ3n) is 4.02. The van der Waals surface area contributed by atoms with E-state index in [2.05, 4.69) is 5.32 Å². The molecule has 6 nitrogen and oxygen atoms in total. The number of para-hydroxylation sites is 1. The van der Waals surface area contributed by atoms with Gasteiger partial charge < -0.3 is 10.4 Å². The van der Waals surface area contributed by atoms with Crippen molar-refractivity contribution in [2.75, 3.05) is 11.9 Å². The molecule has 0 bridgehead atoms. The van der Waals surface area contributed by atoms with Gasteiger partial charge in [-0.15, -0.1) is 0 Å². The molecule has 25 heavy (non-hydrogen) atoms. The van der Waals surface area contributed by atoms with E-state index in [1.54, 1.807) is 12.1 Å². The molecule has 0 spiro atoms. The molecule has 2 aliphatic heterocycles. The second-order valence-electron chi connectivity index (χ2n) is 5.73. The van der Waals surface area contributed by atoms with Crippen LogP contribution in [0.5, 0.6) is 0 Å². The molecule has 0 aliphatic carbocycles. The van der Waals surface area contributed by atoms with Crippen LogP contribution in [0.4, 0.5) is 5.69 Å². The first-order valence-electron chi connectivity index (χ1n) is 7.89. The number of nitrogens with zero attached hydrogens (tertiary/aromatic N) is 1. The van der Waals surface area contributed by atoms with E-state index in [1.807, 2.05) is 12.1 Å².